The lowest BCUT2D eigenvalue weighted by Crippen LogP contribution is -2.51. The second-order valence-corrected chi connectivity index (χ2v) is 7.41. The molecule has 1 saturated heterocycles. The van der Waals surface area contributed by atoms with Gasteiger partial charge in [-0.25, -0.2) is 9.59 Å². The van der Waals surface area contributed by atoms with Crippen molar-refractivity contribution < 1.29 is 34.0 Å². The SMILES string of the molecule is CC(C)(O[C@H]1COC(=O)[C@]1(C)O)[C@H](O)Cc1c(O)ccc2ccc(=O)oc12. The van der Waals surface area contributed by atoms with Gasteiger partial charge in [-0.2, -0.15) is 0 Å². The molecule has 27 heavy (non-hydrogen) atoms. The molecule has 1 aromatic carbocycles. The van der Waals surface area contributed by atoms with E-state index in [9.17, 15) is 24.9 Å². The Balaban J connectivity index is 1.86. The molecule has 2 aromatic rings. The van der Waals surface area contributed by atoms with Crippen LogP contribution in [0.5, 0.6) is 5.75 Å². The first-order valence-electron chi connectivity index (χ1n) is 8.52. The molecule has 3 N–H and O–H groups in total. The molecule has 0 bridgehead atoms. The molecule has 0 unspecified atom stereocenters. The standard InChI is InChI=1S/C19H22O8/c1-18(2,27-14-9-25-17(23)19(14,3)24)13(21)8-11-12(20)6-4-10-5-7-15(22)26-16(10)11/h4-7,13-14,20-21,24H,8-9H2,1-3H3/t13-,14+,19-/m1/s1. The Morgan fingerprint density at radius 3 is 2.59 bits per heavy atom. The summed E-state index contributed by atoms with van der Waals surface area (Å²) in [4.78, 5) is 23.1. The summed E-state index contributed by atoms with van der Waals surface area (Å²) >= 11 is 0. The highest BCUT2D eigenvalue weighted by atomic mass is 16.6. The van der Waals surface area contributed by atoms with Crippen molar-refractivity contribution >= 4 is 16.9 Å². The highest BCUT2D eigenvalue weighted by Crippen LogP contribution is 2.33. The number of hydrogen-bond acceptors (Lipinski definition) is 8. The van der Waals surface area contributed by atoms with Gasteiger partial charge in [-0.1, -0.05) is 0 Å². The monoisotopic (exact) mass is 378 g/mol. The van der Waals surface area contributed by atoms with Gasteiger partial charge in [0.25, 0.3) is 0 Å². The van der Waals surface area contributed by atoms with Gasteiger partial charge in [0.05, 0.1) is 11.7 Å². The molecule has 1 fully saturated rings. The van der Waals surface area contributed by atoms with Gasteiger partial charge in [0.1, 0.15) is 24.0 Å². The molecule has 1 aliphatic rings. The Labute approximate surface area is 154 Å². The fourth-order valence-electron chi connectivity index (χ4n) is 3.00. The maximum absolute atomic E-state index is 11.6. The quantitative estimate of drug-likeness (QED) is 0.517. The first kappa shape index (κ1) is 19.3. The average molecular weight is 378 g/mol. The summed E-state index contributed by atoms with van der Waals surface area (Å²) in [5.74, 6) is -0.913. The number of aromatic hydroxyl groups is 1. The van der Waals surface area contributed by atoms with E-state index in [0.29, 0.717) is 5.39 Å². The lowest BCUT2D eigenvalue weighted by Gasteiger charge is -2.35. The number of cyclic esters (lactones) is 1. The number of carbonyl (C=O) groups is 1. The molecule has 1 aromatic heterocycles. The number of rotatable bonds is 5. The Hall–Kier alpha value is -2.42. The van der Waals surface area contributed by atoms with Gasteiger partial charge in [0, 0.05) is 23.4 Å². The number of aliphatic hydroxyl groups is 2. The van der Waals surface area contributed by atoms with Crippen LogP contribution in [0.25, 0.3) is 11.0 Å². The number of carbonyl (C=O) groups excluding carboxylic acids is 1. The third-order valence-electron chi connectivity index (χ3n) is 4.92. The van der Waals surface area contributed by atoms with Gasteiger partial charge in [0.2, 0.25) is 0 Å². The smallest absolute Gasteiger partial charge is 0.340 e. The van der Waals surface area contributed by atoms with Gasteiger partial charge >= 0.3 is 11.6 Å². The van der Waals surface area contributed by atoms with Gasteiger partial charge in [-0.15, -0.1) is 0 Å². The van der Waals surface area contributed by atoms with Gasteiger partial charge in [0.15, 0.2) is 5.60 Å². The summed E-state index contributed by atoms with van der Waals surface area (Å²) in [5.41, 5.74) is -3.14. The van der Waals surface area contributed by atoms with Crippen molar-refractivity contribution in [1.82, 2.24) is 0 Å². The number of hydrogen-bond donors (Lipinski definition) is 3. The Bertz CT molecular complexity index is 927. The maximum Gasteiger partial charge on any atom is 0.340 e. The van der Waals surface area contributed by atoms with Gasteiger partial charge < -0.3 is 29.2 Å². The van der Waals surface area contributed by atoms with Crippen LogP contribution in [-0.2, 0) is 20.7 Å². The summed E-state index contributed by atoms with van der Waals surface area (Å²) in [6.45, 7) is 4.35. The molecular weight excluding hydrogens is 356 g/mol. The highest BCUT2D eigenvalue weighted by Gasteiger charge is 2.51. The van der Waals surface area contributed by atoms with E-state index in [4.69, 9.17) is 13.9 Å². The van der Waals surface area contributed by atoms with Crippen molar-refractivity contribution in [3.63, 3.8) is 0 Å². The zero-order valence-corrected chi connectivity index (χ0v) is 15.3. The lowest BCUT2D eigenvalue weighted by molar-refractivity contribution is -0.179. The van der Waals surface area contributed by atoms with Crippen LogP contribution in [0.4, 0.5) is 0 Å². The second kappa shape index (κ2) is 6.63. The minimum Gasteiger partial charge on any atom is -0.508 e. The normalized spacial score (nSPS) is 24.2. The zero-order valence-electron chi connectivity index (χ0n) is 15.3. The molecule has 2 heterocycles. The van der Waals surface area contributed by atoms with Crippen LogP contribution >= 0.6 is 0 Å². The third kappa shape index (κ3) is 3.55. The van der Waals surface area contributed by atoms with Crippen LogP contribution in [0.15, 0.2) is 33.5 Å². The van der Waals surface area contributed by atoms with E-state index in [1.165, 1.54) is 19.1 Å². The molecule has 0 amide bonds. The summed E-state index contributed by atoms with van der Waals surface area (Å²) < 4.78 is 15.8. The van der Waals surface area contributed by atoms with Crippen molar-refractivity contribution in [3.8, 4) is 5.75 Å². The fourth-order valence-corrected chi connectivity index (χ4v) is 3.00. The lowest BCUT2D eigenvalue weighted by atomic mass is 9.92. The number of esters is 1. The van der Waals surface area contributed by atoms with Crippen LogP contribution < -0.4 is 5.63 Å². The molecule has 0 radical (unpaired) electrons. The number of ether oxygens (including phenoxy) is 2. The fraction of sp³-hybridized carbons (Fsp3) is 0.474. The van der Waals surface area contributed by atoms with E-state index in [0.717, 1.165) is 0 Å². The van der Waals surface area contributed by atoms with E-state index >= 15 is 0 Å². The van der Waals surface area contributed by atoms with Crippen molar-refractivity contribution in [1.29, 1.82) is 0 Å². The summed E-state index contributed by atoms with van der Waals surface area (Å²) in [7, 11) is 0. The van der Waals surface area contributed by atoms with Crippen molar-refractivity contribution in [3.05, 3.63) is 40.2 Å². The van der Waals surface area contributed by atoms with Crippen molar-refractivity contribution in [2.24, 2.45) is 0 Å². The maximum atomic E-state index is 11.6. The summed E-state index contributed by atoms with van der Waals surface area (Å²) in [6.07, 6.45) is -2.17. The Morgan fingerprint density at radius 1 is 1.30 bits per heavy atom. The summed E-state index contributed by atoms with van der Waals surface area (Å²) in [5, 5.41) is 31.7. The minimum absolute atomic E-state index is 0.0766. The molecule has 1 aliphatic heterocycles. The Morgan fingerprint density at radius 2 is 1.96 bits per heavy atom. The first-order valence-corrected chi connectivity index (χ1v) is 8.52. The van der Waals surface area contributed by atoms with Gasteiger partial charge in [-0.3, -0.25) is 0 Å². The van der Waals surface area contributed by atoms with Crippen LogP contribution in [-0.4, -0.2) is 51.3 Å². The largest absolute Gasteiger partial charge is 0.508 e. The number of fused-ring (bicyclic) bond motifs is 1. The zero-order chi connectivity index (χ0) is 20.0. The topological polar surface area (TPSA) is 126 Å². The van der Waals surface area contributed by atoms with Crippen LogP contribution in [0, 0.1) is 0 Å². The molecule has 0 aliphatic carbocycles. The van der Waals surface area contributed by atoms with Gasteiger partial charge in [-0.05, 0) is 39.0 Å². The van der Waals surface area contributed by atoms with Crippen LogP contribution in [0.3, 0.4) is 0 Å². The highest BCUT2D eigenvalue weighted by molar-refractivity contribution is 5.82. The molecule has 3 atom stereocenters. The third-order valence-corrected chi connectivity index (χ3v) is 4.92. The Kier molecular flexibility index (Phi) is 4.75. The molecule has 0 saturated carbocycles. The minimum atomic E-state index is -1.81. The number of phenolic OH excluding ortho intramolecular Hbond substituents is 1. The molecular formula is C19H22O8. The first-order chi connectivity index (χ1) is 12.5. The van der Waals surface area contributed by atoms with E-state index in [1.54, 1.807) is 26.0 Å². The molecule has 8 nitrogen and oxygen atoms in total. The van der Waals surface area contributed by atoms with Crippen molar-refractivity contribution in [2.75, 3.05) is 6.61 Å². The number of benzene rings is 1. The predicted octanol–water partition coefficient (Wildman–Crippen LogP) is 0.874. The second-order valence-electron chi connectivity index (χ2n) is 7.41. The van der Waals surface area contributed by atoms with E-state index < -0.39 is 35.0 Å². The van der Waals surface area contributed by atoms with Crippen molar-refractivity contribution in [2.45, 2.75) is 50.6 Å². The molecule has 146 valence electrons. The summed E-state index contributed by atoms with van der Waals surface area (Å²) in [6, 6.07) is 5.89. The van der Waals surface area contributed by atoms with Crippen LogP contribution in [0.2, 0.25) is 0 Å². The van der Waals surface area contributed by atoms with E-state index in [1.807, 2.05) is 0 Å². The van der Waals surface area contributed by atoms with E-state index in [2.05, 4.69) is 0 Å². The molecule has 0 spiro atoms. The molecule has 3 rings (SSSR count). The predicted molar refractivity (Wildman–Crippen MR) is 94.4 cm³/mol. The van der Waals surface area contributed by atoms with E-state index in [-0.39, 0.29) is 29.9 Å². The number of aliphatic hydroxyl groups excluding tert-OH is 1. The average Bonchev–Trinajstić information content (AvgIpc) is 2.83. The van der Waals surface area contributed by atoms with Crippen LogP contribution in [0.1, 0.15) is 26.3 Å². The molecule has 8 heteroatoms. The number of phenols is 1.